The van der Waals surface area contributed by atoms with Crippen LogP contribution in [0, 0.1) is 16.2 Å². The number of benzene rings is 1. The fraction of sp³-hybridized carbons (Fsp3) is 0.389. The van der Waals surface area contributed by atoms with Crippen molar-refractivity contribution in [1.29, 1.82) is 0 Å². The number of aliphatic hydroxyl groups excluding tert-OH is 2. The Morgan fingerprint density at radius 2 is 2.10 bits per heavy atom. The molecule has 1 saturated heterocycles. The summed E-state index contributed by atoms with van der Waals surface area (Å²) in [6.45, 7) is -0.202. The van der Waals surface area contributed by atoms with Gasteiger partial charge in [-0.25, -0.2) is 4.98 Å². The summed E-state index contributed by atoms with van der Waals surface area (Å²) in [6.07, 6.45) is -1.27. The van der Waals surface area contributed by atoms with Crippen LogP contribution in [0.5, 0.6) is 5.88 Å². The molecule has 158 valence electrons. The van der Waals surface area contributed by atoms with Crippen LogP contribution in [0.4, 0.5) is 10.1 Å². The van der Waals surface area contributed by atoms with Gasteiger partial charge in [-0.15, -0.1) is 0 Å². The van der Waals surface area contributed by atoms with Crippen LogP contribution in [-0.2, 0) is 11.2 Å². The zero-order valence-corrected chi connectivity index (χ0v) is 15.6. The number of rotatable bonds is 7. The summed E-state index contributed by atoms with van der Waals surface area (Å²) >= 11 is 0. The Labute approximate surface area is 168 Å². The fourth-order valence-electron chi connectivity index (χ4n) is 3.28. The lowest BCUT2D eigenvalue weighted by Gasteiger charge is -2.13. The lowest BCUT2D eigenvalue weighted by Crippen LogP contribution is -2.24. The van der Waals surface area contributed by atoms with Crippen LogP contribution in [0.15, 0.2) is 30.6 Å². The molecule has 0 amide bonds. The average Bonchev–Trinajstić information content (AvgIpc) is 3.31. The molecular weight excluding hydrogens is 401 g/mol. The number of hydrogen-bond acceptors (Lipinski definition) is 9. The molecule has 0 spiro atoms. The quantitative estimate of drug-likeness (QED) is 0.327. The first kappa shape index (κ1) is 20.1. The van der Waals surface area contributed by atoms with Crippen LogP contribution in [-0.4, -0.2) is 60.1 Å². The highest BCUT2D eigenvalue weighted by molar-refractivity contribution is 5.76. The smallest absolute Gasteiger partial charge is 0.314 e. The Kier molecular flexibility index (Phi) is 5.53. The fourth-order valence-corrected chi connectivity index (χ4v) is 3.28. The molecule has 0 saturated carbocycles. The van der Waals surface area contributed by atoms with Crippen LogP contribution in [0.2, 0.25) is 0 Å². The Morgan fingerprint density at radius 3 is 2.77 bits per heavy atom. The zero-order valence-electron chi connectivity index (χ0n) is 15.6. The van der Waals surface area contributed by atoms with Crippen molar-refractivity contribution < 1.29 is 29.0 Å². The van der Waals surface area contributed by atoms with E-state index in [9.17, 15) is 24.7 Å². The highest BCUT2D eigenvalue weighted by Gasteiger charge is 2.35. The topological polar surface area (TPSA) is 146 Å². The number of non-ortho nitro benzene ring substituents is 1. The maximum absolute atomic E-state index is 14.0. The minimum Gasteiger partial charge on any atom is -0.476 e. The lowest BCUT2D eigenvalue weighted by molar-refractivity contribution is -0.384. The molecule has 3 aromatic rings. The van der Waals surface area contributed by atoms with E-state index in [1.165, 1.54) is 23.0 Å². The van der Waals surface area contributed by atoms with Crippen LogP contribution < -0.4 is 4.74 Å². The average molecular weight is 419 g/mol. The minimum absolute atomic E-state index is 0.00697. The van der Waals surface area contributed by atoms with Gasteiger partial charge in [0.2, 0.25) is 5.88 Å². The summed E-state index contributed by atoms with van der Waals surface area (Å²) in [6, 6.07) is 6.03. The molecule has 4 rings (SSSR count). The molecule has 1 aliphatic rings. The first-order valence-corrected chi connectivity index (χ1v) is 9.17. The van der Waals surface area contributed by atoms with Crippen molar-refractivity contribution in [2.75, 3.05) is 13.2 Å². The molecule has 11 nitrogen and oxygen atoms in total. The van der Waals surface area contributed by atoms with E-state index < -0.39 is 29.4 Å². The third-order valence-corrected chi connectivity index (χ3v) is 4.83. The molecule has 2 N–H and O–H groups in total. The van der Waals surface area contributed by atoms with E-state index in [1.807, 2.05) is 0 Å². The zero-order chi connectivity index (χ0) is 21.3. The second-order valence-corrected chi connectivity index (χ2v) is 6.76. The summed E-state index contributed by atoms with van der Waals surface area (Å²) in [7, 11) is 0. The highest BCUT2D eigenvalue weighted by Crippen LogP contribution is 2.32. The van der Waals surface area contributed by atoms with Gasteiger partial charge in [-0.2, -0.15) is 14.4 Å². The maximum Gasteiger partial charge on any atom is 0.314 e. The van der Waals surface area contributed by atoms with E-state index in [-0.39, 0.29) is 42.4 Å². The Morgan fingerprint density at radius 1 is 1.33 bits per heavy atom. The Bertz CT molecular complexity index is 1060. The second kappa shape index (κ2) is 8.26. The minimum atomic E-state index is -1.01. The number of fused-ring (bicyclic) bond motifs is 1. The van der Waals surface area contributed by atoms with Gasteiger partial charge in [0.25, 0.3) is 5.69 Å². The van der Waals surface area contributed by atoms with Crippen molar-refractivity contribution in [1.82, 2.24) is 19.5 Å². The van der Waals surface area contributed by atoms with Crippen LogP contribution in [0.3, 0.4) is 0 Å². The third-order valence-electron chi connectivity index (χ3n) is 4.83. The monoisotopic (exact) mass is 419 g/mol. The predicted molar refractivity (Wildman–Crippen MR) is 99.2 cm³/mol. The van der Waals surface area contributed by atoms with E-state index in [0.29, 0.717) is 6.42 Å². The Balaban J connectivity index is 1.49. The van der Waals surface area contributed by atoms with E-state index in [1.54, 1.807) is 12.1 Å². The van der Waals surface area contributed by atoms with Crippen molar-refractivity contribution in [2.24, 2.45) is 0 Å². The number of aliphatic hydroxyl groups is 2. The van der Waals surface area contributed by atoms with Gasteiger partial charge in [-0.05, 0) is 5.56 Å². The van der Waals surface area contributed by atoms with Gasteiger partial charge < -0.3 is 19.7 Å². The first-order chi connectivity index (χ1) is 14.5. The third kappa shape index (κ3) is 3.92. The summed E-state index contributed by atoms with van der Waals surface area (Å²) in [5.74, 6) is -0.0459. The normalized spacial score (nSPS) is 21.2. The molecule has 0 bridgehead atoms. The predicted octanol–water partition coefficient (Wildman–Crippen LogP) is 1.14. The number of hydrogen-bond donors (Lipinski definition) is 2. The standard InChI is InChI=1S/C18H18FN5O6/c19-18-21-16-15(20-9-23(16)14-7-12(26)13(8-25)30-14)17(22-18)29-6-5-10-1-3-11(4-2-10)24(27)28/h1-4,9,12-14,25-26H,5-8H2. The van der Waals surface area contributed by atoms with Gasteiger partial charge in [-0.3, -0.25) is 14.7 Å². The van der Waals surface area contributed by atoms with Crippen molar-refractivity contribution in [3.63, 3.8) is 0 Å². The van der Waals surface area contributed by atoms with Crippen LogP contribution in [0.1, 0.15) is 18.2 Å². The first-order valence-electron chi connectivity index (χ1n) is 9.17. The summed E-state index contributed by atoms with van der Waals surface area (Å²) < 4.78 is 26.6. The van der Waals surface area contributed by atoms with Gasteiger partial charge >= 0.3 is 6.08 Å². The molecular formula is C18H18FN5O6. The van der Waals surface area contributed by atoms with E-state index in [2.05, 4.69) is 15.0 Å². The SMILES string of the molecule is O=[N+]([O-])c1ccc(CCOc2nc(F)nc3c2ncn3C2CC(O)C(CO)O2)cc1. The molecule has 2 aromatic heterocycles. The number of ether oxygens (including phenoxy) is 2. The number of halogens is 1. The van der Waals surface area contributed by atoms with E-state index in [0.717, 1.165) is 5.56 Å². The van der Waals surface area contributed by atoms with Gasteiger partial charge in [-0.1, -0.05) is 12.1 Å². The number of nitro groups is 1. The van der Waals surface area contributed by atoms with Crippen molar-refractivity contribution in [3.05, 3.63) is 52.3 Å². The number of aromatic nitrogens is 4. The molecule has 0 radical (unpaired) electrons. The largest absolute Gasteiger partial charge is 0.476 e. The molecule has 1 aliphatic heterocycles. The summed E-state index contributed by atoms with van der Waals surface area (Å²) in [5.41, 5.74) is 1.17. The Hall–Kier alpha value is -3.22. The van der Waals surface area contributed by atoms with Gasteiger partial charge in [0.1, 0.15) is 12.3 Å². The molecule has 12 heteroatoms. The van der Waals surface area contributed by atoms with Gasteiger partial charge in [0, 0.05) is 25.0 Å². The van der Waals surface area contributed by atoms with Gasteiger partial charge in [0.15, 0.2) is 11.2 Å². The summed E-state index contributed by atoms with van der Waals surface area (Å²) in [5, 5.41) is 29.9. The van der Waals surface area contributed by atoms with Crippen molar-refractivity contribution >= 4 is 16.9 Å². The van der Waals surface area contributed by atoms with Crippen LogP contribution >= 0.6 is 0 Å². The van der Waals surface area contributed by atoms with Crippen LogP contribution in [0.25, 0.3) is 11.2 Å². The van der Waals surface area contributed by atoms with E-state index >= 15 is 0 Å². The molecule has 0 aliphatic carbocycles. The number of imidazole rings is 1. The maximum atomic E-state index is 14.0. The molecule has 1 aromatic carbocycles. The molecule has 30 heavy (non-hydrogen) atoms. The van der Waals surface area contributed by atoms with Gasteiger partial charge in [0.05, 0.1) is 30.6 Å². The van der Waals surface area contributed by atoms with Crippen molar-refractivity contribution in [3.8, 4) is 5.88 Å². The number of nitro benzene ring substituents is 1. The van der Waals surface area contributed by atoms with Crippen molar-refractivity contribution in [2.45, 2.75) is 31.3 Å². The second-order valence-electron chi connectivity index (χ2n) is 6.76. The highest BCUT2D eigenvalue weighted by atomic mass is 19.1. The molecule has 3 atom stereocenters. The lowest BCUT2D eigenvalue weighted by atomic mass is 10.1. The number of nitrogens with zero attached hydrogens (tertiary/aromatic N) is 5. The molecule has 3 heterocycles. The molecule has 1 fully saturated rings. The van der Waals surface area contributed by atoms with E-state index in [4.69, 9.17) is 9.47 Å². The molecule has 3 unspecified atom stereocenters. The summed E-state index contributed by atoms with van der Waals surface area (Å²) in [4.78, 5) is 21.8.